The number of rotatable bonds is 8. The van der Waals surface area contributed by atoms with Gasteiger partial charge in [0.25, 0.3) is 0 Å². The fourth-order valence-electron chi connectivity index (χ4n) is 1.22. The smallest absolute Gasteiger partial charge is 0.748 e. The first-order chi connectivity index (χ1) is 7.20. The van der Waals surface area contributed by atoms with Gasteiger partial charge < -0.3 is 24.4 Å². The molecule has 0 bridgehead atoms. The zero-order valence-electron chi connectivity index (χ0n) is 11.4. The summed E-state index contributed by atoms with van der Waals surface area (Å²) in [6, 6.07) is 0. The van der Waals surface area contributed by atoms with Gasteiger partial charge in [-0.25, -0.2) is 8.42 Å². The molecule has 0 fully saturated rings. The van der Waals surface area contributed by atoms with E-state index in [2.05, 4.69) is 0 Å². The molecule has 0 aliphatic heterocycles. The molecule has 0 aromatic carbocycles. The number of carboxylic acids is 2. The van der Waals surface area contributed by atoms with Crippen LogP contribution in [0.4, 0.5) is 0 Å². The Morgan fingerprint density at radius 2 is 1.42 bits per heavy atom. The van der Waals surface area contributed by atoms with Gasteiger partial charge in [-0.3, -0.25) is 0 Å². The Morgan fingerprint density at radius 3 is 1.74 bits per heavy atom. The third-order valence-electron chi connectivity index (χ3n) is 1.99. The topological polar surface area (TPSA) is 137 Å². The van der Waals surface area contributed by atoms with E-state index < -0.39 is 40.1 Å². The summed E-state index contributed by atoms with van der Waals surface area (Å²) in [6.45, 7) is 0. The van der Waals surface area contributed by atoms with Crippen molar-refractivity contribution in [3.63, 3.8) is 0 Å². The van der Waals surface area contributed by atoms with Gasteiger partial charge in [0.05, 0.1) is 10.1 Å². The summed E-state index contributed by atoms with van der Waals surface area (Å²) in [4.78, 5) is 20.4. The zero-order valence-corrected chi connectivity index (χ0v) is 18.2. The first-order valence-corrected chi connectivity index (χ1v) is 6.11. The third kappa shape index (κ3) is 22.3. The van der Waals surface area contributed by atoms with Gasteiger partial charge in [-0.15, -0.1) is 0 Å². The number of carbonyl (C=O) groups excluding carboxylic acids is 2. The van der Waals surface area contributed by atoms with Gasteiger partial charge >= 0.3 is 88.7 Å². The first-order valence-electron chi connectivity index (χ1n) is 4.54. The van der Waals surface area contributed by atoms with Crippen LogP contribution in [0.25, 0.3) is 0 Å². The number of carbonyl (C=O) groups is 2. The Balaban J connectivity index is -0.000000375. The van der Waals surface area contributed by atoms with Crippen molar-refractivity contribution in [1.29, 1.82) is 0 Å². The summed E-state index contributed by atoms with van der Waals surface area (Å²) in [7, 11) is -4.42. The summed E-state index contributed by atoms with van der Waals surface area (Å²) in [5, 5.41) is 20.4. The monoisotopic (exact) mass is 320 g/mol. The SMILES string of the molecule is O=C([O-])CCC(CCS(=O)(=O)[O-])CC(=O)[O-].[Na+].[Na+].[Na+]. The molecule has 0 saturated heterocycles. The van der Waals surface area contributed by atoms with E-state index >= 15 is 0 Å². The van der Waals surface area contributed by atoms with E-state index in [9.17, 15) is 32.8 Å². The molecule has 0 N–H and O–H groups in total. The minimum absolute atomic E-state index is 0. The molecular formula is C8H11Na3O7S. The van der Waals surface area contributed by atoms with E-state index in [0.717, 1.165) is 0 Å². The summed E-state index contributed by atoms with van der Waals surface area (Å²) in [6.07, 6.45) is -1.08. The van der Waals surface area contributed by atoms with E-state index in [1.165, 1.54) is 0 Å². The Bertz CT molecular complexity index is 357. The number of aliphatic carboxylic acids is 2. The second-order valence-corrected chi connectivity index (χ2v) is 4.93. The van der Waals surface area contributed by atoms with Gasteiger partial charge in [0, 0.05) is 17.7 Å². The van der Waals surface area contributed by atoms with Crippen molar-refractivity contribution in [1.82, 2.24) is 0 Å². The molecule has 1 atom stereocenters. The van der Waals surface area contributed by atoms with Crippen LogP contribution in [0.2, 0.25) is 0 Å². The molecule has 1 unspecified atom stereocenters. The van der Waals surface area contributed by atoms with E-state index in [0.29, 0.717) is 0 Å². The molecule has 19 heavy (non-hydrogen) atoms. The van der Waals surface area contributed by atoms with Crippen molar-refractivity contribution in [2.75, 3.05) is 5.75 Å². The van der Waals surface area contributed by atoms with Crippen LogP contribution in [-0.4, -0.2) is 30.7 Å². The maximum atomic E-state index is 10.3. The molecule has 0 radical (unpaired) electrons. The van der Waals surface area contributed by atoms with Crippen LogP contribution in [0.1, 0.15) is 25.7 Å². The molecule has 0 heterocycles. The molecule has 0 aromatic rings. The molecular weight excluding hydrogens is 309 g/mol. The molecule has 0 rings (SSSR count). The Labute approximate surface area is 178 Å². The van der Waals surface area contributed by atoms with Gasteiger partial charge in [0.1, 0.15) is 0 Å². The molecule has 7 nitrogen and oxygen atoms in total. The average molecular weight is 320 g/mol. The van der Waals surface area contributed by atoms with Gasteiger partial charge in [-0.1, -0.05) is 0 Å². The minimum atomic E-state index is -4.42. The number of carboxylic acid groups (broad SMARTS) is 2. The average Bonchev–Trinajstić information content (AvgIpc) is 2.07. The summed E-state index contributed by atoms with van der Waals surface area (Å²) in [5.41, 5.74) is 0. The number of hydrogen-bond donors (Lipinski definition) is 0. The quantitative estimate of drug-likeness (QED) is 0.320. The Hall–Kier alpha value is 1.85. The van der Waals surface area contributed by atoms with Crippen LogP contribution < -0.4 is 98.9 Å². The van der Waals surface area contributed by atoms with Crippen LogP contribution in [-0.2, 0) is 19.7 Å². The van der Waals surface area contributed by atoms with E-state index in [4.69, 9.17) is 0 Å². The van der Waals surface area contributed by atoms with Crippen LogP contribution in [0.3, 0.4) is 0 Å². The van der Waals surface area contributed by atoms with Crippen LogP contribution in [0.5, 0.6) is 0 Å². The Kier molecular flexibility index (Phi) is 22.5. The maximum absolute atomic E-state index is 10.3. The van der Waals surface area contributed by atoms with Crippen LogP contribution in [0, 0.1) is 5.92 Å². The minimum Gasteiger partial charge on any atom is -0.748 e. The molecule has 0 aliphatic carbocycles. The summed E-state index contributed by atoms with van der Waals surface area (Å²) >= 11 is 0. The fraction of sp³-hybridized carbons (Fsp3) is 0.750. The summed E-state index contributed by atoms with van der Waals surface area (Å²) < 4.78 is 30.9. The van der Waals surface area contributed by atoms with Crippen molar-refractivity contribution in [2.24, 2.45) is 5.92 Å². The first kappa shape index (κ1) is 28.9. The maximum Gasteiger partial charge on any atom is 1.00 e. The normalized spacial score (nSPS) is 11.2. The van der Waals surface area contributed by atoms with Crippen molar-refractivity contribution in [3.05, 3.63) is 0 Å². The van der Waals surface area contributed by atoms with Crippen LogP contribution in [0.15, 0.2) is 0 Å². The van der Waals surface area contributed by atoms with Gasteiger partial charge in [-0.05, 0) is 31.6 Å². The predicted octanol–water partition coefficient (Wildman–Crippen LogP) is -11.8. The van der Waals surface area contributed by atoms with E-state index in [1.807, 2.05) is 0 Å². The third-order valence-corrected chi connectivity index (χ3v) is 2.72. The van der Waals surface area contributed by atoms with Crippen molar-refractivity contribution >= 4 is 22.1 Å². The predicted molar refractivity (Wildman–Crippen MR) is 46.5 cm³/mol. The molecule has 0 aromatic heterocycles. The summed E-state index contributed by atoms with van der Waals surface area (Å²) in [5.74, 6) is -4.18. The molecule has 0 spiro atoms. The van der Waals surface area contributed by atoms with E-state index in [-0.39, 0.29) is 108 Å². The molecule has 0 aliphatic rings. The van der Waals surface area contributed by atoms with Gasteiger partial charge in [0.15, 0.2) is 0 Å². The fourth-order valence-corrected chi connectivity index (χ4v) is 1.84. The van der Waals surface area contributed by atoms with Crippen LogP contribution >= 0.6 is 0 Å². The van der Waals surface area contributed by atoms with E-state index in [1.54, 1.807) is 0 Å². The standard InChI is InChI=1S/C8H14O7S.3Na/c9-7(10)2-1-6(5-8(11)12)3-4-16(13,14)15;;;/h6H,1-5H2,(H,9,10)(H,11,12)(H,13,14,15);;;/q;3*+1/p-3. The molecule has 0 amide bonds. The molecule has 11 heteroatoms. The molecule has 0 saturated carbocycles. The second-order valence-electron chi connectivity index (χ2n) is 3.40. The van der Waals surface area contributed by atoms with Gasteiger partial charge in [-0.2, -0.15) is 0 Å². The van der Waals surface area contributed by atoms with Crippen molar-refractivity contribution < 1.29 is 121 Å². The Morgan fingerprint density at radius 1 is 0.947 bits per heavy atom. The number of hydrogen-bond acceptors (Lipinski definition) is 7. The largest absolute Gasteiger partial charge is 1.00 e. The molecule has 94 valence electrons. The van der Waals surface area contributed by atoms with Crippen molar-refractivity contribution in [3.8, 4) is 0 Å². The van der Waals surface area contributed by atoms with Gasteiger partial charge in [0.2, 0.25) is 0 Å². The second kappa shape index (κ2) is 14.8. The van der Waals surface area contributed by atoms with Crippen molar-refractivity contribution in [2.45, 2.75) is 25.7 Å². The zero-order chi connectivity index (χ0) is 12.8.